The maximum atomic E-state index is 4.08. The van der Waals surface area contributed by atoms with Crippen LogP contribution in [-0.4, -0.2) is 16.1 Å². The molecule has 3 nitrogen and oxygen atoms in total. The topological polar surface area (TPSA) is 30.2 Å². The molecule has 0 N–H and O–H groups in total. The van der Waals surface area contributed by atoms with Gasteiger partial charge in [0.15, 0.2) is 0 Å². The number of hydrogen-bond acceptors (Lipinski definition) is 2. The molecule has 0 bridgehead atoms. The molecule has 0 aliphatic carbocycles. The average molecular weight is 193 g/mol. The molecule has 0 fully saturated rings. The van der Waals surface area contributed by atoms with Crippen molar-refractivity contribution < 1.29 is 0 Å². The van der Waals surface area contributed by atoms with E-state index in [9.17, 15) is 0 Å². The summed E-state index contributed by atoms with van der Waals surface area (Å²) < 4.78 is 0. The van der Waals surface area contributed by atoms with E-state index in [0.29, 0.717) is 0 Å². The molecule has 0 aliphatic rings. The molecule has 78 valence electrons. The molecule has 0 unspecified atom stereocenters. The second kappa shape index (κ2) is 6.13. The Morgan fingerprint density at radius 2 is 2.14 bits per heavy atom. The minimum absolute atomic E-state index is 0.982. The zero-order chi connectivity index (χ0) is 11.1. The van der Waals surface area contributed by atoms with E-state index in [-0.39, 0.29) is 0 Å². The molecule has 0 aliphatic heterocycles. The lowest BCUT2D eigenvalue weighted by atomic mass is 10.2. The quantitative estimate of drug-likeness (QED) is 0.664. The van der Waals surface area contributed by atoms with E-state index in [1.807, 2.05) is 34.6 Å². The fourth-order valence-corrected chi connectivity index (χ4v) is 1.12. The predicted octanol–water partition coefficient (Wildman–Crippen LogP) is 3.10. The first-order chi connectivity index (χ1) is 6.66. The highest BCUT2D eigenvalue weighted by atomic mass is 15.5. The Bertz CT molecular complexity index is 321. The molecule has 14 heavy (non-hydrogen) atoms. The first-order valence-electron chi connectivity index (χ1n) is 4.86. The van der Waals surface area contributed by atoms with Crippen LogP contribution in [0.25, 0.3) is 5.57 Å². The lowest BCUT2D eigenvalue weighted by Crippen LogP contribution is -1.96. The Morgan fingerprint density at radius 1 is 1.57 bits per heavy atom. The Balaban J connectivity index is 0.000000791. The van der Waals surface area contributed by atoms with Crippen LogP contribution in [0.3, 0.4) is 0 Å². The minimum Gasteiger partial charge on any atom is -0.163 e. The molecular formula is C11H19N3. The maximum Gasteiger partial charge on any atom is 0.0924 e. The van der Waals surface area contributed by atoms with Crippen molar-refractivity contribution in [2.45, 2.75) is 34.6 Å². The maximum absolute atomic E-state index is 4.08. The van der Waals surface area contributed by atoms with E-state index in [1.165, 1.54) is 0 Å². The standard InChI is InChI=1S/C9H13N3.C2H6/c1-5-10-12-9(7(2)3)8(4)6-11-12;1-2/h5-6H,2H2,1,3-4H3;1-2H3/b10-5-;. The third-order valence-electron chi connectivity index (χ3n) is 1.56. The highest BCUT2D eigenvalue weighted by molar-refractivity contribution is 5.61. The second-order valence-electron chi connectivity index (χ2n) is 2.72. The van der Waals surface area contributed by atoms with Crippen molar-refractivity contribution in [3.05, 3.63) is 24.0 Å². The Morgan fingerprint density at radius 3 is 2.57 bits per heavy atom. The summed E-state index contributed by atoms with van der Waals surface area (Å²) in [5.41, 5.74) is 3.08. The fourth-order valence-electron chi connectivity index (χ4n) is 1.12. The summed E-state index contributed by atoms with van der Waals surface area (Å²) in [6, 6.07) is 0. The van der Waals surface area contributed by atoms with Gasteiger partial charge in [-0.05, 0) is 31.9 Å². The van der Waals surface area contributed by atoms with Gasteiger partial charge in [0.25, 0.3) is 0 Å². The number of allylic oxidation sites excluding steroid dienone is 1. The van der Waals surface area contributed by atoms with Crippen LogP contribution in [0.1, 0.15) is 39.0 Å². The Labute approximate surface area is 86.1 Å². The molecule has 0 aromatic carbocycles. The van der Waals surface area contributed by atoms with Crippen LogP contribution >= 0.6 is 0 Å². The SMILES string of the molecule is C=C(C)c1c(C)cnn1/N=C\C.CC. The summed E-state index contributed by atoms with van der Waals surface area (Å²) in [7, 11) is 0. The lowest BCUT2D eigenvalue weighted by molar-refractivity contribution is 0.733. The molecule has 3 heteroatoms. The summed E-state index contributed by atoms with van der Waals surface area (Å²) >= 11 is 0. The van der Waals surface area contributed by atoms with Gasteiger partial charge in [0.1, 0.15) is 0 Å². The van der Waals surface area contributed by atoms with E-state index in [1.54, 1.807) is 17.2 Å². The van der Waals surface area contributed by atoms with Crippen molar-refractivity contribution in [2.75, 3.05) is 0 Å². The molecule has 0 saturated carbocycles. The monoisotopic (exact) mass is 193 g/mol. The van der Waals surface area contributed by atoms with Gasteiger partial charge in [-0.25, -0.2) is 0 Å². The van der Waals surface area contributed by atoms with E-state index < -0.39 is 0 Å². The van der Waals surface area contributed by atoms with Crippen LogP contribution in [0.4, 0.5) is 0 Å². The summed E-state index contributed by atoms with van der Waals surface area (Å²) in [5.74, 6) is 0. The normalized spacial score (nSPS) is 9.79. The highest BCUT2D eigenvalue weighted by Gasteiger charge is 2.05. The molecule has 1 aromatic heterocycles. The van der Waals surface area contributed by atoms with Crippen LogP contribution in [0.15, 0.2) is 17.9 Å². The van der Waals surface area contributed by atoms with Crippen LogP contribution in [0.5, 0.6) is 0 Å². The molecular weight excluding hydrogens is 174 g/mol. The van der Waals surface area contributed by atoms with Crippen LogP contribution in [0.2, 0.25) is 0 Å². The molecule has 0 saturated heterocycles. The van der Waals surface area contributed by atoms with Crippen molar-refractivity contribution in [1.29, 1.82) is 0 Å². The van der Waals surface area contributed by atoms with Gasteiger partial charge < -0.3 is 0 Å². The highest BCUT2D eigenvalue weighted by Crippen LogP contribution is 2.15. The van der Waals surface area contributed by atoms with Gasteiger partial charge in [0, 0.05) is 6.21 Å². The largest absolute Gasteiger partial charge is 0.163 e. The summed E-state index contributed by atoms with van der Waals surface area (Å²) in [6.07, 6.45) is 3.50. The number of rotatable bonds is 2. The smallest absolute Gasteiger partial charge is 0.0924 e. The summed E-state index contributed by atoms with van der Waals surface area (Å²) in [4.78, 5) is 1.59. The van der Waals surface area contributed by atoms with Crippen molar-refractivity contribution in [3.8, 4) is 0 Å². The van der Waals surface area contributed by atoms with Gasteiger partial charge in [0.2, 0.25) is 0 Å². The third kappa shape index (κ3) is 2.83. The molecule has 1 heterocycles. The Hall–Kier alpha value is -1.38. The van der Waals surface area contributed by atoms with Crippen LogP contribution in [0, 0.1) is 6.92 Å². The molecule has 0 spiro atoms. The average Bonchev–Trinajstić information content (AvgIpc) is 2.51. The molecule has 0 amide bonds. The van der Waals surface area contributed by atoms with Gasteiger partial charge in [0.05, 0.1) is 11.9 Å². The molecule has 1 rings (SSSR count). The Kier molecular flexibility index (Phi) is 5.53. The predicted molar refractivity (Wildman–Crippen MR) is 62.6 cm³/mol. The summed E-state index contributed by atoms with van der Waals surface area (Å²) in [5, 5.41) is 8.15. The van der Waals surface area contributed by atoms with Gasteiger partial charge in [-0.2, -0.15) is 15.0 Å². The van der Waals surface area contributed by atoms with E-state index in [0.717, 1.165) is 16.8 Å². The number of nitrogens with zero attached hydrogens (tertiary/aromatic N) is 3. The third-order valence-corrected chi connectivity index (χ3v) is 1.56. The van der Waals surface area contributed by atoms with Gasteiger partial charge in [-0.3, -0.25) is 0 Å². The second-order valence-corrected chi connectivity index (χ2v) is 2.72. The van der Waals surface area contributed by atoms with Crippen molar-refractivity contribution in [1.82, 2.24) is 9.89 Å². The zero-order valence-corrected chi connectivity index (χ0v) is 9.70. The van der Waals surface area contributed by atoms with E-state index >= 15 is 0 Å². The fraction of sp³-hybridized carbons (Fsp3) is 0.455. The van der Waals surface area contributed by atoms with Gasteiger partial charge >= 0.3 is 0 Å². The lowest BCUT2D eigenvalue weighted by Gasteiger charge is -2.00. The van der Waals surface area contributed by atoms with Crippen LogP contribution < -0.4 is 0 Å². The van der Waals surface area contributed by atoms with E-state index in [2.05, 4.69) is 16.8 Å². The van der Waals surface area contributed by atoms with Crippen molar-refractivity contribution in [3.63, 3.8) is 0 Å². The first kappa shape index (κ1) is 12.6. The number of aromatic nitrogens is 2. The minimum atomic E-state index is 0.982. The van der Waals surface area contributed by atoms with Gasteiger partial charge in [-0.1, -0.05) is 20.4 Å². The van der Waals surface area contributed by atoms with Crippen LogP contribution in [-0.2, 0) is 0 Å². The number of hydrogen-bond donors (Lipinski definition) is 0. The molecule has 1 aromatic rings. The van der Waals surface area contributed by atoms with Gasteiger partial charge in [-0.15, -0.1) is 0 Å². The first-order valence-corrected chi connectivity index (χ1v) is 4.86. The summed E-state index contributed by atoms with van der Waals surface area (Å²) in [6.45, 7) is 13.7. The van der Waals surface area contributed by atoms with Crippen molar-refractivity contribution >= 4 is 11.8 Å². The molecule has 0 atom stereocenters. The van der Waals surface area contributed by atoms with E-state index in [4.69, 9.17) is 0 Å². The number of aryl methyl sites for hydroxylation is 1. The van der Waals surface area contributed by atoms with Crippen molar-refractivity contribution in [2.24, 2.45) is 5.10 Å². The zero-order valence-electron chi connectivity index (χ0n) is 9.70. The molecule has 0 radical (unpaired) electrons.